The fourth-order valence-corrected chi connectivity index (χ4v) is 2.03. The van der Waals surface area contributed by atoms with Gasteiger partial charge in [0.1, 0.15) is 0 Å². The van der Waals surface area contributed by atoms with Gasteiger partial charge in [0.2, 0.25) is 0 Å². The normalized spacial score (nSPS) is 21.8. The molecule has 0 heterocycles. The molecule has 68 valence electrons. The lowest BCUT2D eigenvalue weighted by atomic mass is 9.89. The van der Waals surface area contributed by atoms with Crippen molar-refractivity contribution < 1.29 is 0 Å². The first-order chi connectivity index (χ1) is 6.36. The number of benzene rings is 1. The van der Waals surface area contributed by atoms with Crippen LogP contribution in [0.25, 0.3) is 0 Å². The molecule has 1 atom stereocenters. The van der Waals surface area contributed by atoms with E-state index in [0.717, 1.165) is 5.02 Å². The van der Waals surface area contributed by atoms with E-state index < -0.39 is 0 Å². The molecule has 13 heavy (non-hydrogen) atoms. The molecule has 0 bridgehead atoms. The van der Waals surface area contributed by atoms with Crippen molar-refractivity contribution in [2.75, 3.05) is 0 Å². The first-order valence-corrected chi connectivity index (χ1v) is 5.16. The zero-order valence-corrected chi connectivity index (χ0v) is 8.30. The molecule has 0 saturated carbocycles. The topological polar surface area (TPSA) is 0 Å². The third kappa shape index (κ3) is 2.13. The van der Waals surface area contributed by atoms with E-state index in [-0.39, 0.29) is 0 Å². The minimum Gasteiger partial charge on any atom is -0.0879 e. The van der Waals surface area contributed by atoms with Gasteiger partial charge in [-0.1, -0.05) is 35.9 Å². The Morgan fingerprint density at radius 3 is 2.92 bits per heavy atom. The monoisotopic (exact) mass is 192 g/mol. The highest BCUT2D eigenvalue weighted by molar-refractivity contribution is 6.30. The number of hydrogen-bond donors (Lipinski definition) is 0. The Labute approximate surface area is 84.2 Å². The van der Waals surface area contributed by atoms with Gasteiger partial charge in [-0.2, -0.15) is 0 Å². The summed E-state index contributed by atoms with van der Waals surface area (Å²) in [6.45, 7) is 0. The summed E-state index contributed by atoms with van der Waals surface area (Å²) in [7, 11) is 0. The molecule has 1 aromatic carbocycles. The molecule has 1 aromatic rings. The largest absolute Gasteiger partial charge is 0.0879 e. The van der Waals surface area contributed by atoms with E-state index in [1.807, 2.05) is 12.1 Å². The van der Waals surface area contributed by atoms with E-state index in [2.05, 4.69) is 24.3 Å². The number of halogens is 1. The van der Waals surface area contributed by atoms with Gasteiger partial charge in [0.15, 0.2) is 0 Å². The van der Waals surface area contributed by atoms with Crippen LogP contribution in [0.4, 0.5) is 0 Å². The summed E-state index contributed by atoms with van der Waals surface area (Å²) in [5.41, 5.74) is 1.35. The van der Waals surface area contributed by atoms with Crippen molar-refractivity contribution in [1.29, 1.82) is 0 Å². The van der Waals surface area contributed by atoms with E-state index >= 15 is 0 Å². The van der Waals surface area contributed by atoms with Crippen LogP contribution in [0.5, 0.6) is 0 Å². The lowest BCUT2D eigenvalue weighted by molar-refractivity contribution is 0.654. The smallest absolute Gasteiger partial charge is 0.0408 e. The standard InChI is InChI=1S/C12H13Cl/c13-12-8-4-7-11(9-12)10-5-2-1-3-6-10/h2,4-5,7-10H,1,3,6H2. The maximum Gasteiger partial charge on any atom is 0.0408 e. The molecule has 0 aliphatic heterocycles. The molecule has 0 fully saturated rings. The molecular weight excluding hydrogens is 180 g/mol. The average Bonchev–Trinajstić information content (AvgIpc) is 2.19. The van der Waals surface area contributed by atoms with E-state index in [4.69, 9.17) is 11.6 Å². The van der Waals surface area contributed by atoms with E-state index in [0.29, 0.717) is 5.92 Å². The fourth-order valence-electron chi connectivity index (χ4n) is 1.83. The zero-order valence-electron chi connectivity index (χ0n) is 7.54. The summed E-state index contributed by atoms with van der Waals surface area (Å²) in [4.78, 5) is 0. The predicted octanol–water partition coefficient (Wildman–Crippen LogP) is 4.16. The number of allylic oxidation sites excluding steroid dienone is 2. The van der Waals surface area contributed by atoms with Crippen molar-refractivity contribution in [2.45, 2.75) is 25.2 Å². The lowest BCUT2D eigenvalue weighted by Crippen LogP contribution is -1.98. The Kier molecular flexibility index (Phi) is 2.70. The van der Waals surface area contributed by atoms with Crippen LogP contribution in [-0.2, 0) is 0 Å². The maximum absolute atomic E-state index is 5.94. The molecule has 0 nitrogen and oxygen atoms in total. The van der Waals surface area contributed by atoms with Crippen LogP contribution >= 0.6 is 11.6 Å². The average molecular weight is 193 g/mol. The molecule has 1 unspecified atom stereocenters. The first-order valence-electron chi connectivity index (χ1n) is 4.78. The highest BCUT2D eigenvalue weighted by Gasteiger charge is 2.10. The molecule has 0 aromatic heterocycles. The van der Waals surface area contributed by atoms with Gasteiger partial charge in [-0.25, -0.2) is 0 Å². The van der Waals surface area contributed by atoms with Gasteiger partial charge >= 0.3 is 0 Å². The van der Waals surface area contributed by atoms with Gasteiger partial charge in [-0.3, -0.25) is 0 Å². The Morgan fingerprint density at radius 1 is 1.31 bits per heavy atom. The molecule has 0 saturated heterocycles. The van der Waals surface area contributed by atoms with Crippen LogP contribution in [0.15, 0.2) is 36.4 Å². The summed E-state index contributed by atoms with van der Waals surface area (Å²) >= 11 is 5.94. The third-order valence-electron chi connectivity index (χ3n) is 2.53. The number of rotatable bonds is 1. The first kappa shape index (κ1) is 8.83. The molecule has 1 aliphatic carbocycles. The zero-order chi connectivity index (χ0) is 9.10. The third-order valence-corrected chi connectivity index (χ3v) is 2.77. The Balaban J connectivity index is 2.24. The molecule has 2 rings (SSSR count). The van der Waals surface area contributed by atoms with Crippen molar-refractivity contribution in [2.24, 2.45) is 0 Å². The van der Waals surface area contributed by atoms with E-state index in [1.54, 1.807) is 0 Å². The molecule has 1 heteroatoms. The second kappa shape index (κ2) is 3.97. The summed E-state index contributed by atoms with van der Waals surface area (Å²) in [5.74, 6) is 0.590. The minimum atomic E-state index is 0.590. The molecule has 0 amide bonds. The number of hydrogen-bond acceptors (Lipinski definition) is 0. The summed E-state index contributed by atoms with van der Waals surface area (Å²) in [6.07, 6.45) is 8.37. The Hall–Kier alpha value is -0.750. The summed E-state index contributed by atoms with van der Waals surface area (Å²) in [6, 6.07) is 8.19. The molecule has 0 spiro atoms. The van der Waals surface area contributed by atoms with Gasteiger partial charge in [-0.15, -0.1) is 0 Å². The van der Waals surface area contributed by atoms with Crippen LogP contribution in [0, 0.1) is 0 Å². The SMILES string of the molecule is Clc1cccc(C2C=CCCC2)c1. The molecule has 0 radical (unpaired) electrons. The highest BCUT2D eigenvalue weighted by Crippen LogP contribution is 2.28. The van der Waals surface area contributed by atoms with Crippen molar-refractivity contribution in [3.63, 3.8) is 0 Å². The van der Waals surface area contributed by atoms with Crippen molar-refractivity contribution in [3.05, 3.63) is 47.0 Å². The van der Waals surface area contributed by atoms with Gasteiger partial charge in [0.25, 0.3) is 0 Å². The van der Waals surface area contributed by atoms with Crippen LogP contribution in [0.1, 0.15) is 30.7 Å². The quantitative estimate of drug-likeness (QED) is 0.586. The van der Waals surface area contributed by atoms with Crippen LogP contribution in [0.2, 0.25) is 5.02 Å². The van der Waals surface area contributed by atoms with Crippen molar-refractivity contribution in [1.82, 2.24) is 0 Å². The van der Waals surface area contributed by atoms with Crippen molar-refractivity contribution >= 4 is 11.6 Å². The second-order valence-corrected chi connectivity index (χ2v) is 3.96. The van der Waals surface area contributed by atoms with Gasteiger partial charge in [-0.05, 0) is 37.0 Å². The molecular formula is C12H13Cl. The lowest BCUT2D eigenvalue weighted by Gasteiger charge is -2.16. The van der Waals surface area contributed by atoms with Gasteiger partial charge in [0.05, 0.1) is 0 Å². The minimum absolute atomic E-state index is 0.590. The fraction of sp³-hybridized carbons (Fsp3) is 0.333. The second-order valence-electron chi connectivity index (χ2n) is 3.52. The van der Waals surface area contributed by atoms with E-state index in [1.165, 1.54) is 24.8 Å². The predicted molar refractivity (Wildman–Crippen MR) is 57.2 cm³/mol. The van der Waals surface area contributed by atoms with Crippen LogP contribution < -0.4 is 0 Å². The molecule has 0 N–H and O–H groups in total. The summed E-state index contributed by atoms with van der Waals surface area (Å²) < 4.78 is 0. The van der Waals surface area contributed by atoms with Crippen LogP contribution in [0.3, 0.4) is 0 Å². The van der Waals surface area contributed by atoms with Gasteiger partial charge < -0.3 is 0 Å². The molecule has 1 aliphatic rings. The van der Waals surface area contributed by atoms with Gasteiger partial charge in [0, 0.05) is 10.9 Å². The Bertz CT molecular complexity index is 315. The summed E-state index contributed by atoms with van der Waals surface area (Å²) in [5, 5.41) is 0.844. The van der Waals surface area contributed by atoms with E-state index in [9.17, 15) is 0 Å². The van der Waals surface area contributed by atoms with Crippen LogP contribution in [-0.4, -0.2) is 0 Å². The van der Waals surface area contributed by atoms with Crippen molar-refractivity contribution in [3.8, 4) is 0 Å². The highest BCUT2D eigenvalue weighted by atomic mass is 35.5. The maximum atomic E-state index is 5.94. The Morgan fingerprint density at radius 2 is 2.23 bits per heavy atom.